The number of hydrazone groups is 1. The number of carbonyl (C=O) groups excluding carboxylic acids is 1. The van der Waals surface area contributed by atoms with Gasteiger partial charge in [0.25, 0.3) is 0 Å². The number of rotatable bonds is 13. The normalized spacial score (nSPS) is 11.4. The van der Waals surface area contributed by atoms with Crippen LogP contribution in [0.5, 0.6) is 0 Å². The maximum absolute atomic E-state index is 11.5. The molecule has 1 N–H and O–H groups in total. The van der Waals surface area contributed by atoms with Gasteiger partial charge in [0, 0.05) is 12.6 Å². The molecule has 0 saturated heterocycles. The minimum Gasteiger partial charge on any atom is -0.273 e. The van der Waals surface area contributed by atoms with Crippen LogP contribution in [0.15, 0.2) is 5.10 Å². The number of unbranched alkanes of at least 4 members (excludes halogenated alkanes) is 8. The zero-order valence-corrected chi connectivity index (χ0v) is 13.8. The van der Waals surface area contributed by atoms with Crippen LogP contribution in [0.2, 0.25) is 0 Å². The second kappa shape index (κ2) is 14.5. The van der Waals surface area contributed by atoms with Crippen LogP contribution in [0.25, 0.3) is 0 Å². The molecular weight excluding hydrogens is 248 g/mol. The Hall–Kier alpha value is -0.860. The van der Waals surface area contributed by atoms with Crippen molar-refractivity contribution in [3.63, 3.8) is 0 Å². The zero-order valence-electron chi connectivity index (χ0n) is 13.8. The molecule has 3 nitrogen and oxygen atoms in total. The zero-order chi connectivity index (χ0) is 15.1. The van der Waals surface area contributed by atoms with Crippen molar-refractivity contribution in [1.82, 2.24) is 5.43 Å². The summed E-state index contributed by atoms with van der Waals surface area (Å²) in [5, 5.41) is 3.94. The average molecular weight is 282 g/mol. The molecule has 3 heteroatoms. The lowest BCUT2D eigenvalue weighted by Crippen LogP contribution is -2.16. The first-order valence-electron chi connectivity index (χ1n) is 8.47. The molecule has 0 aromatic carbocycles. The van der Waals surface area contributed by atoms with Gasteiger partial charge in [0.2, 0.25) is 5.91 Å². The number of carbonyl (C=O) groups is 1. The molecule has 0 saturated carbocycles. The summed E-state index contributed by atoms with van der Waals surface area (Å²) >= 11 is 0. The second-order valence-electron chi connectivity index (χ2n) is 6.05. The van der Waals surface area contributed by atoms with E-state index in [0.717, 1.165) is 19.3 Å². The first-order chi connectivity index (χ1) is 9.66. The van der Waals surface area contributed by atoms with Gasteiger partial charge in [-0.2, -0.15) is 5.10 Å². The molecule has 0 rings (SSSR count). The third-order valence-electron chi connectivity index (χ3n) is 3.36. The van der Waals surface area contributed by atoms with E-state index in [-0.39, 0.29) is 5.91 Å². The molecule has 118 valence electrons. The third kappa shape index (κ3) is 15.2. The van der Waals surface area contributed by atoms with Crippen LogP contribution in [0.4, 0.5) is 0 Å². The Bertz CT molecular complexity index is 249. The number of amides is 1. The maximum Gasteiger partial charge on any atom is 0.240 e. The van der Waals surface area contributed by atoms with E-state index < -0.39 is 0 Å². The third-order valence-corrected chi connectivity index (χ3v) is 3.36. The van der Waals surface area contributed by atoms with Gasteiger partial charge in [-0.15, -0.1) is 0 Å². The van der Waals surface area contributed by atoms with Crippen molar-refractivity contribution in [1.29, 1.82) is 0 Å². The van der Waals surface area contributed by atoms with Crippen molar-refractivity contribution in [3.05, 3.63) is 0 Å². The maximum atomic E-state index is 11.5. The van der Waals surface area contributed by atoms with Gasteiger partial charge < -0.3 is 0 Å². The van der Waals surface area contributed by atoms with Crippen LogP contribution in [0, 0.1) is 5.92 Å². The van der Waals surface area contributed by atoms with E-state index in [0.29, 0.717) is 12.3 Å². The highest BCUT2D eigenvalue weighted by molar-refractivity contribution is 5.76. The summed E-state index contributed by atoms with van der Waals surface area (Å²) in [6.07, 6.45) is 14.8. The summed E-state index contributed by atoms with van der Waals surface area (Å²) in [6, 6.07) is 0. The van der Waals surface area contributed by atoms with Gasteiger partial charge in [-0.05, 0) is 18.8 Å². The quantitative estimate of drug-likeness (QED) is 0.286. The van der Waals surface area contributed by atoms with Crippen LogP contribution in [-0.4, -0.2) is 12.1 Å². The van der Waals surface area contributed by atoms with E-state index in [1.807, 2.05) is 0 Å². The summed E-state index contributed by atoms with van der Waals surface area (Å²) in [5.74, 6) is 0.640. The lowest BCUT2D eigenvalue weighted by Gasteiger charge is -2.02. The minimum atomic E-state index is 0.0490. The van der Waals surface area contributed by atoms with Crippen molar-refractivity contribution in [2.45, 2.75) is 91.4 Å². The molecule has 0 heterocycles. The molecule has 0 aromatic rings. The Balaban J connectivity index is 3.25. The average Bonchev–Trinajstić information content (AvgIpc) is 2.41. The molecule has 0 aliphatic heterocycles. The predicted octanol–water partition coefficient (Wildman–Crippen LogP) is 5.06. The van der Waals surface area contributed by atoms with E-state index in [1.165, 1.54) is 44.9 Å². The van der Waals surface area contributed by atoms with Gasteiger partial charge in [-0.3, -0.25) is 4.79 Å². The predicted molar refractivity (Wildman–Crippen MR) is 87.9 cm³/mol. The summed E-state index contributed by atoms with van der Waals surface area (Å²) in [4.78, 5) is 11.5. The van der Waals surface area contributed by atoms with Crippen molar-refractivity contribution in [2.75, 3.05) is 0 Å². The Morgan fingerprint density at radius 2 is 1.55 bits per heavy atom. The smallest absolute Gasteiger partial charge is 0.240 e. The van der Waals surface area contributed by atoms with Gasteiger partial charge in [0.05, 0.1) is 0 Å². The fourth-order valence-corrected chi connectivity index (χ4v) is 2.03. The van der Waals surface area contributed by atoms with Crippen LogP contribution < -0.4 is 5.43 Å². The topological polar surface area (TPSA) is 41.5 Å². The van der Waals surface area contributed by atoms with Gasteiger partial charge >= 0.3 is 0 Å². The minimum absolute atomic E-state index is 0.0490. The van der Waals surface area contributed by atoms with Crippen molar-refractivity contribution in [2.24, 2.45) is 11.0 Å². The molecule has 0 aromatic heterocycles. The van der Waals surface area contributed by atoms with Crippen molar-refractivity contribution in [3.8, 4) is 0 Å². The molecule has 0 aliphatic rings. The second-order valence-corrected chi connectivity index (χ2v) is 6.05. The first kappa shape index (κ1) is 19.1. The number of hydrogen-bond acceptors (Lipinski definition) is 2. The van der Waals surface area contributed by atoms with Crippen LogP contribution in [0.1, 0.15) is 91.4 Å². The molecule has 0 fully saturated rings. The van der Waals surface area contributed by atoms with E-state index in [4.69, 9.17) is 0 Å². The summed E-state index contributed by atoms with van der Waals surface area (Å²) in [6.45, 7) is 6.52. The molecule has 0 bridgehead atoms. The van der Waals surface area contributed by atoms with Crippen LogP contribution in [-0.2, 0) is 4.79 Å². The molecule has 20 heavy (non-hydrogen) atoms. The Kier molecular flexibility index (Phi) is 13.9. The highest BCUT2D eigenvalue weighted by atomic mass is 16.2. The monoisotopic (exact) mass is 282 g/mol. The Morgan fingerprint density at radius 1 is 1.00 bits per heavy atom. The molecule has 1 amide bonds. The van der Waals surface area contributed by atoms with Crippen LogP contribution >= 0.6 is 0 Å². The fraction of sp³-hybridized carbons (Fsp3) is 0.882. The van der Waals surface area contributed by atoms with E-state index in [9.17, 15) is 4.79 Å². The van der Waals surface area contributed by atoms with E-state index in [1.54, 1.807) is 6.21 Å². The first-order valence-corrected chi connectivity index (χ1v) is 8.47. The fourth-order valence-electron chi connectivity index (χ4n) is 2.03. The molecule has 0 unspecified atom stereocenters. The lowest BCUT2D eigenvalue weighted by molar-refractivity contribution is -0.121. The molecule has 0 spiro atoms. The summed E-state index contributed by atoms with van der Waals surface area (Å²) < 4.78 is 0. The number of hydrogen-bond donors (Lipinski definition) is 1. The molecule has 0 atom stereocenters. The van der Waals surface area contributed by atoms with Crippen LogP contribution in [0.3, 0.4) is 0 Å². The van der Waals surface area contributed by atoms with Gasteiger partial charge in [0.15, 0.2) is 0 Å². The van der Waals surface area contributed by atoms with E-state index >= 15 is 0 Å². The number of nitrogens with one attached hydrogen (secondary N) is 1. The SMILES string of the molecule is CCCCCCCCCCCC(=O)NN=CCC(C)C. The molecule has 0 aliphatic carbocycles. The van der Waals surface area contributed by atoms with Crippen molar-refractivity contribution < 1.29 is 4.79 Å². The summed E-state index contributed by atoms with van der Waals surface area (Å²) in [5.41, 5.74) is 2.59. The number of nitrogens with zero attached hydrogens (tertiary/aromatic N) is 1. The van der Waals surface area contributed by atoms with Gasteiger partial charge in [-0.25, -0.2) is 5.43 Å². The van der Waals surface area contributed by atoms with E-state index in [2.05, 4.69) is 31.3 Å². The summed E-state index contributed by atoms with van der Waals surface area (Å²) in [7, 11) is 0. The lowest BCUT2D eigenvalue weighted by atomic mass is 10.1. The molecular formula is C17H34N2O. The highest BCUT2D eigenvalue weighted by Crippen LogP contribution is 2.10. The Morgan fingerprint density at radius 3 is 2.10 bits per heavy atom. The van der Waals surface area contributed by atoms with Gasteiger partial charge in [-0.1, -0.05) is 72.1 Å². The highest BCUT2D eigenvalue weighted by Gasteiger charge is 1.99. The van der Waals surface area contributed by atoms with Gasteiger partial charge in [0.1, 0.15) is 0 Å². The standard InChI is InChI=1S/C17H34N2O/c1-4-5-6-7-8-9-10-11-12-13-17(20)19-18-15-14-16(2)3/h15-16H,4-14H2,1-3H3,(H,19,20). The largest absolute Gasteiger partial charge is 0.273 e. The Labute approximate surface area is 125 Å². The molecule has 0 radical (unpaired) electrons. The van der Waals surface area contributed by atoms with Crippen molar-refractivity contribution >= 4 is 12.1 Å².